The molecule has 0 spiro atoms. The SMILES string of the molecule is NN[C@@H](Cc1c(F)c(F)c(F)c(F)c1F)C(=O)O. The Morgan fingerprint density at radius 2 is 1.44 bits per heavy atom. The van der Waals surface area contributed by atoms with E-state index in [1.807, 2.05) is 0 Å². The standard InChI is InChI=1S/C9H7F5N2O2/c10-4-2(1-3(16-15)9(17)18)5(11)7(13)8(14)6(4)12/h3,16H,1,15H2,(H,17,18)/t3-/m0/s1. The molecule has 0 bridgehead atoms. The fourth-order valence-electron chi connectivity index (χ4n) is 1.25. The lowest BCUT2D eigenvalue weighted by Crippen LogP contribution is -2.43. The van der Waals surface area contributed by atoms with E-state index in [0.29, 0.717) is 0 Å². The molecule has 0 aromatic heterocycles. The van der Waals surface area contributed by atoms with Crippen LogP contribution in [0, 0.1) is 29.1 Å². The van der Waals surface area contributed by atoms with E-state index in [-0.39, 0.29) is 0 Å². The monoisotopic (exact) mass is 270 g/mol. The Hall–Kier alpha value is -1.74. The quantitative estimate of drug-likeness (QED) is 0.249. The normalized spacial score (nSPS) is 12.6. The maximum Gasteiger partial charge on any atom is 0.322 e. The molecule has 0 heterocycles. The van der Waals surface area contributed by atoms with Gasteiger partial charge in [0.2, 0.25) is 5.82 Å². The van der Waals surface area contributed by atoms with Crippen molar-refractivity contribution in [2.75, 3.05) is 0 Å². The van der Waals surface area contributed by atoms with Crippen LogP contribution >= 0.6 is 0 Å². The second-order valence-corrected chi connectivity index (χ2v) is 3.31. The number of halogens is 5. The summed E-state index contributed by atoms with van der Waals surface area (Å²) in [6, 6.07) is -1.68. The second kappa shape index (κ2) is 5.27. The summed E-state index contributed by atoms with van der Waals surface area (Å²) in [6.45, 7) is 0. The van der Waals surface area contributed by atoms with Crippen molar-refractivity contribution in [3.8, 4) is 0 Å². The van der Waals surface area contributed by atoms with Gasteiger partial charge in [-0.25, -0.2) is 27.4 Å². The van der Waals surface area contributed by atoms with Crippen molar-refractivity contribution in [3.63, 3.8) is 0 Å². The van der Waals surface area contributed by atoms with Crippen molar-refractivity contribution in [1.29, 1.82) is 0 Å². The number of nitrogens with one attached hydrogen (secondary N) is 1. The highest BCUT2D eigenvalue weighted by molar-refractivity contribution is 5.73. The van der Waals surface area contributed by atoms with E-state index in [4.69, 9.17) is 10.9 Å². The van der Waals surface area contributed by atoms with Gasteiger partial charge in [0.15, 0.2) is 23.3 Å². The van der Waals surface area contributed by atoms with Crippen molar-refractivity contribution in [3.05, 3.63) is 34.6 Å². The molecule has 0 aliphatic carbocycles. The fourth-order valence-corrected chi connectivity index (χ4v) is 1.25. The van der Waals surface area contributed by atoms with E-state index < -0.39 is 53.1 Å². The third-order valence-corrected chi connectivity index (χ3v) is 2.21. The molecule has 0 unspecified atom stereocenters. The smallest absolute Gasteiger partial charge is 0.322 e. The number of hydrogen-bond acceptors (Lipinski definition) is 3. The summed E-state index contributed by atoms with van der Waals surface area (Å²) in [5.41, 5.74) is 0.447. The molecule has 1 atom stereocenters. The summed E-state index contributed by atoms with van der Waals surface area (Å²) in [6.07, 6.45) is -0.988. The molecule has 0 saturated carbocycles. The Kier molecular flexibility index (Phi) is 4.19. The van der Waals surface area contributed by atoms with Crippen LogP contribution in [0.25, 0.3) is 0 Å². The highest BCUT2D eigenvalue weighted by Crippen LogP contribution is 2.23. The van der Waals surface area contributed by atoms with Gasteiger partial charge in [0.25, 0.3) is 0 Å². The Morgan fingerprint density at radius 1 is 1.06 bits per heavy atom. The Labute approximate surface area is 97.2 Å². The van der Waals surface area contributed by atoms with Crippen LogP contribution in [0.5, 0.6) is 0 Å². The number of hydrazine groups is 1. The topological polar surface area (TPSA) is 75.3 Å². The minimum absolute atomic E-state index is 0.988. The van der Waals surface area contributed by atoms with Gasteiger partial charge in [-0.2, -0.15) is 0 Å². The van der Waals surface area contributed by atoms with E-state index in [1.165, 1.54) is 0 Å². The first kappa shape index (κ1) is 14.3. The first-order valence-electron chi connectivity index (χ1n) is 4.50. The molecule has 4 nitrogen and oxygen atoms in total. The van der Waals surface area contributed by atoms with Crippen LogP contribution in [-0.2, 0) is 11.2 Å². The number of hydrogen-bond donors (Lipinski definition) is 3. The summed E-state index contributed by atoms with van der Waals surface area (Å²) < 4.78 is 64.6. The summed E-state index contributed by atoms with van der Waals surface area (Å²) in [4.78, 5) is 10.5. The molecule has 0 amide bonds. The van der Waals surface area contributed by atoms with Crippen LogP contribution in [0.2, 0.25) is 0 Å². The van der Waals surface area contributed by atoms with Gasteiger partial charge in [0.05, 0.1) is 0 Å². The fraction of sp³-hybridized carbons (Fsp3) is 0.222. The van der Waals surface area contributed by atoms with Crippen molar-refractivity contribution in [2.45, 2.75) is 12.5 Å². The Balaban J connectivity index is 3.29. The van der Waals surface area contributed by atoms with Crippen molar-refractivity contribution >= 4 is 5.97 Å². The van der Waals surface area contributed by atoms with E-state index in [1.54, 1.807) is 5.43 Å². The molecule has 1 aromatic rings. The predicted molar refractivity (Wildman–Crippen MR) is 48.7 cm³/mol. The molecule has 1 aromatic carbocycles. The second-order valence-electron chi connectivity index (χ2n) is 3.31. The van der Waals surface area contributed by atoms with Crippen LogP contribution in [-0.4, -0.2) is 17.1 Å². The maximum atomic E-state index is 13.2. The lowest BCUT2D eigenvalue weighted by Gasteiger charge is -2.13. The number of carbonyl (C=O) groups is 1. The van der Waals surface area contributed by atoms with Gasteiger partial charge >= 0.3 is 5.97 Å². The molecule has 0 saturated heterocycles. The number of aliphatic carboxylic acids is 1. The van der Waals surface area contributed by atoms with E-state index in [9.17, 15) is 26.7 Å². The van der Waals surface area contributed by atoms with Crippen molar-refractivity contribution in [1.82, 2.24) is 5.43 Å². The molecule has 1 rings (SSSR count). The van der Waals surface area contributed by atoms with Gasteiger partial charge in [0.1, 0.15) is 6.04 Å². The average molecular weight is 270 g/mol. The highest BCUT2D eigenvalue weighted by Gasteiger charge is 2.28. The van der Waals surface area contributed by atoms with Gasteiger partial charge in [0, 0.05) is 12.0 Å². The zero-order valence-electron chi connectivity index (χ0n) is 8.61. The van der Waals surface area contributed by atoms with Crippen LogP contribution in [0.15, 0.2) is 0 Å². The van der Waals surface area contributed by atoms with Gasteiger partial charge in [-0.3, -0.25) is 10.6 Å². The number of benzene rings is 1. The number of rotatable bonds is 4. The average Bonchev–Trinajstić information content (AvgIpc) is 2.34. The predicted octanol–water partition coefficient (Wildman–Crippen LogP) is 0.841. The molecular formula is C9H7F5N2O2. The number of carboxylic acid groups (broad SMARTS) is 1. The number of carboxylic acids is 1. The van der Waals surface area contributed by atoms with Crippen LogP contribution < -0.4 is 11.3 Å². The first-order valence-corrected chi connectivity index (χ1v) is 4.50. The van der Waals surface area contributed by atoms with Crippen LogP contribution in [0.1, 0.15) is 5.56 Å². The lowest BCUT2D eigenvalue weighted by atomic mass is 10.0. The van der Waals surface area contributed by atoms with Gasteiger partial charge < -0.3 is 5.11 Å². The summed E-state index contributed by atoms with van der Waals surface area (Å²) in [5.74, 6) is -7.53. The molecule has 9 heteroatoms. The zero-order chi connectivity index (χ0) is 14.0. The van der Waals surface area contributed by atoms with E-state index in [2.05, 4.69) is 0 Å². The summed E-state index contributed by atoms with van der Waals surface area (Å²) in [5, 5.41) is 8.56. The van der Waals surface area contributed by atoms with E-state index in [0.717, 1.165) is 0 Å². The van der Waals surface area contributed by atoms with E-state index >= 15 is 0 Å². The summed E-state index contributed by atoms with van der Waals surface area (Å²) >= 11 is 0. The molecule has 0 radical (unpaired) electrons. The van der Waals surface area contributed by atoms with Gasteiger partial charge in [-0.1, -0.05) is 0 Å². The largest absolute Gasteiger partial charge is 0.480 e. The third kappa shape index (κ3) is 2.41. The number of nitrogens with two attached hydrogens (primary N) is 1. The Morgan fingerprint density at radius 3 is 1.78 bits per heavy atom. The minimum Gasteiger partial charge on any atom is -0.480 e. The highest BCUT2D eigenvalue weighted by atomic mass is 19.2. The first-order chi connectivity index (χ1) is 8.31. The molecule has 18 heavy (non-hydrogen) atoms. The van der Waals surface area contributed by atoms with Crippen LogP contribution in [0.3, 0.4) is 0 Å². The third-order valence-electron chi connectivity index (χ3n) is 2.21. The molecular weight excluding hydrogens is 263 g/mol. The van der Waals surface area contributed by atoms with Crippen molar-refractivity contribution in [2.24, 2.45) is 5.84 Å². The zero-order valence-corrected chi connectivity index (χ0v) is 8.61. The molecule has 4 N–H and O–H groups in total. The summed E-state index contributed by atoms with van der Waals surface area (Å²) in [7, 11) is 0. The maximum absolute atomic E-state index is 13.2. The lowest BCUT2D eigenvalue weighted by molar-refractivity contribution is -0.139. The van der Waals surface area contributed by atoms with Crippen molar-refractivity contribution < 1.29 is 31.9 Å². The van der Waals surface area contributed by atoms with Gasteiger partial charge in [-0.15, -0.1) is 0 Å². The molecule has 0 aliphatic heterocycles. The van der Waals surface area contributed by atoms with Crippen LogP contribution in [0.4, 0.5) is 22.0 Å². The molecule has 0 aliphatic rings. The minimum atomic E-state index is -2.30. The Bertz CT molecular complexity index is 465. The molecule has 100 valence electrons. The molecule has 0 fully saturated rings. The van der Waals surface area contributed by atoms with Gasteiger partial charge in [-0.05, 0) is 0 Å².